The summed E-state index contributed by atoms with van der Waals surface area (Å²) in [5.74, 6) is 8.61. The first-order chi connectivity index (χ1) is 44.4. The number of terminal acetylenes is 2. The standard InChI is InChI=1S/C18H13NO.C18H12NO.2C12H10N.C6H2.CH4O3S.2CH4O.B2.2Ir/c2*1-12-6-9-16(19-11-12)13-7-8-15-14-4-2-3-5-17(14)20-18(15)10-13;2*1-10-7-8-12(13-9-10)11-5-3-2-4-6-11;1-3-5-6-4-2;1-5(2,3)4;3*1-2;;/h2-11H,1H3;2-6,8-11H,1H3;2*2-5,7-9H,1H3;1-2H;1H3,(H,2,3,4);2*2H,1H3;;;/q;3*-1;;;;;;;/p-1/i2*1D3,6D,9D;;;;;;;;;. The molecule has 6 aromatic carbocycles. The van der Waals surface area contributed by atoms with Crippen LogP contribution in [-0.4, -0.2) is 79.1 Å². The molecule has 6 heterocycles. The molecule has 2 N–H and O–H groups in total. The first-order valence-corrected chi connectivity index (χ1v) is 26.2. The third-order valence-corrected chi connectivity index (χ3v) is 10.5. The monoisotopic (exact) mass is 1500 g/mol. The van der Waals surface area contributed by atoms with Crippen LogP contribution in [0.15, 0.2) is 209 Å². The van der Waals surface area contributed by atoms with Crippen LogP contribution in [0.5, 0.6) is 0 Å². The number of para-hydroxylation sites is 2. The Morgan fingerprint density at radius 3 is 1.38 bits per heavy atom. The molecule has 0 aliphatic carbocycles. The summed E-state index contributed by atoms with van der Waals surface area (Å²) in [6, 6.07) is 56.4. The first kappa shape index (κ1) is 56.9. The molecule has 0 atom stereocenters. The van der Waals surface area contributed by atoms with Crippen molar-refractivity contribution in [2.24, 2.45) is 0 Å². The topological polar surface area (TPSA) is 175 Å². The van der Waals surface area contributed by atoms with E-state index >= 15 is 0 Å². The van der Waals surface area contributed by atoms with Crippen LogP contribution in [0.2, 0.25) is 0 Å². The van der Waals surface area contributed by atoms with E-state index in [2.05, 4.69) is 89.4 Å². The van der Waals surface area contributed by atoms with Gasteiger partial charge in [0.2, 0.25) is 0 Å². The molecule has 12 rings (SSSR count). The van der Waals surface area contributed by atoms with Gasteiger partial charge in [-0.15, -0.1) is 102 Å². The zero-order valence-corrected chi connectivity index (χ0v) is 52.0. The molecule has 0 bridgehead atoms. The van der Waals surface area contributed by atoms with Gasteiger partial charge in [-0.1, -0.05) is 96.3 Å². The Bertz CT molecular complexity index is 4380. The molecule has 0 fully saturated rings. The van der Waals surface area contributed by atoms with E-state index < -0.39 is 23.8 Å². The van der Waals surface area contributed by atoms with E-state index in [1.807, 2.05) is 142 Å². The summed E-state index contributed by atoms with van der Waals surface area (Å²) in [7, 11) is 6.08. The largest absolute Gasteiger partial charge is 0.748 e. The van der Waals surface area contributed by atoms with Gasteiger partial charge in [0, 0.05) is 126 Å². The molecular weight excluding hydrogens is 1430 g/mol. The van der Waals surface area contributed by atoms with Crippen LogP contribution >= 0.6 is 0 Å². The van der Waals surface area contributed by atoms with Gasteiger partial charge < -0.3 is 38.6 Å². The number of benzene rings is 6. The summed E-state index contributed by atoms with van der Waals surface area (Å²) in [5, 5.41) is 17.8. The third kappa shape index (κ3) is 23.9. The zero-order valence-electron chi connectivity index (χ0n) is 56.4. The van der Waals surface area contributed by atoms with Crippen LogP contribution in [-0.2, 0) is 50.3 Å². The van der Waals surface area contributed by atoms with E-state index in [9.17, 15) is 0 Å². The minimum absolute atomic E-state index is 0. The zero-order chi connectivity index (χ0) is 69.1. The molecule has 12 aromatic rings. The smallest absolute Gasteiger partial charge is 0.136 e. The number of aliphatic hydroxyl groups is 2. The van der Waals surface area contributed by atoms with Crippen LogP contribution in [0, 0.1) is 82.3 Å². The fraction of sp³-hybridized carbons (Fsp3) is 0.101. The summed E-state index contributed by atoms with van der Waals surface area (Å²) < 4.78 is 116. The van der Waals surface area contributed by atoms with E-state index in [1.165, 1.54) is 11.1 Å². The second-order valence-electron chi connectivity index (χ2n) is 16.3. The summed E-state index contributed by atoms with van der Waals surface area (Å²) >= 11 is 0. The molecule has 6 aromatic heterocycles. The van der Waals surface area contributed by atoms with Crippen molar-refractivity contribution in [2.75, 3.05) is 20.5 Å². The molecule has 0 saturated carbocycles. The average Bonchev–Trinajstić information content (AvgIpc) is 1.72. The van der Waals surface area contributed by atoms with Gasteiger partial charge in [0.05, 0.1) is 26.9 Å². The van der Waals surface area contributed by atoms with Gasteiger partial charge in [-0.05, 0) is 126 Å². The van der Waals surface area contributed by atoms with Gasteiger partial charge in [-0.2, -0.15) is 0 Å². The van der Waals surface area contributed by atoms with Crippen molar-refractivity contribution in [2.45, 2.75) is 27.6 Å². The van der Waals surface area contributed by atoms with Crippen LogP contribution in [0.1, 0.15) is 36.0 Å². The number of nitrogens with zero attached hydrogens (tertiary/aromatic N) is 4. The predicted octanol–water partition coefficient (Wildman–Crippen LogP) is 13.3. The van der Waals surface area contributed by atoms with Crippen LogP contribution in [0.4, 0.5) is 0 Å². The van der Waals surface area contributed by atoms with Crippen molar-refractivity contribution in [3.05, 3.63) is 241 Å². The number of hydrogen-bond donors (Lipinski definition) is 2. The first-order valence-electron chi connectivity index (χ1n) is 29.4. The Hall–Kier alpha value is -8.54. The molecule has 16 heteroatoms. The SMILES string of the molecule is C#CC#CC#C.CO.CO.CS(=O)(=O)[O-].Cc1ccc(-c2[c-]cccc2)nc1.Cc1ccc(-c2[c-]cccc2)nc1.[2H]c1c(C([2H])([2H])[2H])cnc(-c2[c-]cc3c(c2)oc2ccccc23)c1[2H].[2H]c1c(C([2H])([2H])[2H])cnc(-c2ccc3c(c2)oc2ccccc23)c1[2H].[B][B].[Ir].[Ir]. The molecule has 6 radical (unpaired) electrons. The van der Waals surface area contributed by atoms with Crippen LogP contribution in [0.3, 0.4) is 0 Å². The van der Waals surface area contributed by atoms with Crippen molar-refractivity contribution < 1.29 is 85.9 Å². The van der Waals surface area contributed by atoms with E-state index in [1.54, 1.807) is 24.3 Å². The van der Waals surface area contributed by atoms with Gasteiger partial charge in [0.1, 0.15) is 16.7 Å². The summed E-state index contributed by atoms with van der Waals surface area (Å²) in [4.78, 5) is 16.9. The Labute approximate surface area is 542 Å². The van der Waals surface area contributed by atoms with Crippen molar-refractivity contribution in [1.82, 2.24) is 19.9 Å². The third-order valence-electron chi connectivity index (χ3n) is 10.5. The van der Waals surface area contributed by atoms with Gasteiger partial charge in [0.15, 0.2) is 0 Å². The molecular formula is C69H58B2Ir2N4O7S-4. The number of pyridine rings is 4. The maximum atomic E-state index is 9.08. The molecule has 430 valence electrons. The van der Waals surface area contributed by atoms with Gasteiger partial charge in [-0.3, -0.25) is 4.98 Å². The summed E-state index contributed by atoms with van der Waals surface area (Å²) in [6.07, 6.45) is 16.0. The van der Waals surface area contributed by atoms with E-state index in [4.69, 9.17) is 58.6 Å². The van der Waals surface area contributed by atoms with E-state index in [0.717, 1.165) is 81.8 Å². The van der Waals surface area contributed by atoms with Crippen molar-refractivity contribution in [3.63, 3.8) is 0 Å². The van der Waals surface area contributed by atoms with Crippen molar-refractivity contribution in [1.29, 1.82) is 0 Å². The number of rotatable bonds is 4. The Kier molecular flexibility index (Phi) is 26.2. The van der Waals surface area contributed by atoms with Crippen LogP contribution < -0.4 is 0 Å². The molecule has 85 heavy (non-hydrogen) atoms. The molecule has 0 saturated heterocycles. The van der Waals surface area contributed by atoms with Gasteiger partial charge in [-0.25, -0.2) is 8.42 Å². The maximum Gasteiger partial charge on any atom is 0.136 e. The van der Waals surface area contributed by atoms with Crippen molar-refractivity contribution >= 4 is 69.5 Å². The molecule has 0 aliphatic rings. The second kappa shape index (κ2) is 39.1. The molecule has 11 nitrogen and oxygen atoms in total. The fourth-order valence-corrected chi connectivity index (χ4v) is 7.03. The summed E-state index contributed by atoms with van der Waals surface area (Å²) in [6.45, 7) is -0.858. The second-order valence-corrected chi connectivity index (χ2v) is 17.7. The molecule has 0 spiro atoms. The average molecular weight is 1500 g/mol. The summed E-state index contributed by atoms with van der Waals surface area (Å²) in [5.41, 5.74) is 10.3. The van der Waals surface area contributed by atoms with Gasteiger partial charge >= 0.3 is 0 Å². The number of hydrogen-bond acceptors (Lipinski definition) is 11. The number of fused-ring (bicyclic) bond motifs is 6. The van der Waals surface area contributed by atoms with Gasteiger partial charge in [0.25, 0.3) is 0 Å². The fourth-order valence-electron chi connectivity index (χ4n) is 7.03. The number of furan rings is 2. The predicted molar refractivity (Wildman–Crippen MR) is 338 cm³/mol. The van der Waals surface area contributed by atoms with Crippen LogP contribution in [0.25, 0.3) is 88.9 Å². The molecule has 0 aliphatic heterocycles. The Balaban J connectivity index is 0.000000408. The van der Waals surface area contributed by atoms with E-state index in [0.29, 0.717) is 28.5 Å². The number of aryl methyl sites for hydroxylation is 4. The minimum atomic E-state index is -3.92. The molecule has 0 unspecified atom stereocenters. The maximum absolute atomic E-state index is 9.08. The normalized spacial score (nSPS) is 11.4. The number of aromatic nitrogens is 4. The minimum Gasteiger partial charge on any atom is -0.748 e. The molecule has 0 amide bonds. The van der Waals surface area contributed by atoms with E-state index in [-0.39, 0.29) is 86.9 Å². The quantitative estimate of drug-likeness (QED) is 0.0742. The van der Waals surface area contributed by atoms with Crippen molar-refractivity contribution in [3.8, 4) is 81.6 Å². The Morgan fingerprint density at radius 2 is 0.929 bits per heavy atom. The Morgan fingerprint density at radius 1 is 0.518 bits per heavy atom. The number of aliphatic hydroxyl groups excluding tert-OH is 2.